The fourth-order valence-electron chi connectivity index (χ4n) is 4.57. The summed E-state index contributed by atoms with van der Waals surface area (Å²) in [7, 11) is 1.87. The molecule has 0 fully saturated rings. The molecule has 0 aromatic heterocycles. The molecule has 4 rings (SSSR count). The Hall–Kier alpha value is -3.62. The van der Waals surface area contributed by atoms with Crippen molar-refractivity contribution in [1.82, 2.24) is 10.2 Å². The highest BCUT2D eigenvalue weighted by Crippen LogP contribution is 2.29. The Labute approximate surface area is 211 Å². The van der Waals surface area contributed by atoms with Crippen LogP contribution in [0.1, 0.15) is 19.4 Å². The summed E-state index contributed by atoms with van der Waals surface area (Å²) in [6.07, 6.45) is -0.0550. The minimum Gasteiger partial charge on any atom is -0.488 e. The van der Waals surface area contributed by atoms with E-state index in [0.717, 1.165) is 10.8 Å². The Morgan fingerprint density at radius 1 is 1.14 bits per heavy atom. The van der Waals surface area contributed by atoms with E-state index in [1.807, 2.05) is 63.4 Å². The van der Waals surface area contributed by atoms with Crippen LogP contribution >= 0.6 is 0 Å². The number of hydrogen-bond acceptors (Lipinski definition) is 5. The van der Waals surface area contributed by atoms with Gasteiger partial charge in [0.25, 0.3) is 0 Å². The molecule has 1 aliphatic heterocycles. The second-order valence-corrected chi connectivity index (χ2v) is 9.37. The van der Waals surface area contributed by atoms with Crippen molar-refractivity contribution in [2.24, 2.45) is 5.92 Å². The highest BCUT2D eigenvalue weighted by atomic mass is 16.5. The van der Waals surface area contributed by atoms with Gasteiger partial charge in [0, 0.05) is 35.6 Å². The molecular formula is C28H34N4O4. The van der Waals surface area contributed by atoms with E-state index in [2.05, 4.69) is 16.0 Å². The number of nitrogens with zero attached hydrogens (tertiary/aromatic N) is 1. The maximum atomic E-state index is 13.2. The molecule has 0 aliphatic carbocycles. The third-order valence-electron chi connectivity index (χ3n) is 6.62. The van der Waals surface area contributed by atoms with Crippen molar-refractivity contribution in [1.29, 1.82) is 0 Å². The molecule has 1 heterocycles. The largest absolute Gasteiger partial charge is 0.488 e. The van der Waals surface area contributed by atoms with Gasteiger partial charge < -0.3 is 30.7 Å². The summed E-state index contributed by atoms with van der Waals surface area (Å²) in [6.45, 7) is 4.87. The molecule has 0 saturated carbocycles. The topological polar surface area (TPSA) is 103 Å². The lowest BCUT2D eigenvalue weighted by Gasteiger charge is -2.32. The van der Waals surface area contributed by atoms with Gasteiger partial charge in [-0.3, -0.25) is 4.79 Å². The van der Waals surface area contributed by atoms with Crippen molar-refractivity contribution in [3.8, 4) is 5.75 Å². The zero-order valence-corrected chi connectivity index (χ0v) is 21.0. The third kappa shape index (κ3) is 5.78. The maximum Gasteiger partial charge on any atom is 0.323 e. The molecule has 0 spiro atoms. The average Bonchev–Trinajstić information content (AvgIpc) is 2.92. The molecule has 0 unspecified atom stereocenters. The van der Waals surface area contributed by atoms with Crippen LogP contribution in [0, 0.1) is 5.92 Å². The van der Waals surface area contributed by atoms with Crippen LogP contribution in [0.2, 0.25) is 0 Å². The first kappa shape index (κ1) is 25.5. The molecule has 8 heteroatoms. The predicted molar refractivity (Wildman–Crippen MR) is 143 cm³/mol. The number of fused-ring (bicyclic) bond motifs is 2. The summed E-state index contributed by atoms with van der Waals surface area (Å²) in [6, 6.07) is 18.3. The number of amides is 3. The minimum atomic E-state index is -0.376. The van der Waals surface area contributed by atoms with Crippen molar-refractivity contribution >= 4 is 34.1 Å². The normalized spacial score (nSPS) is 18.9. The quantitative estimate of drug-likeness (QED) is 0.420. The molecule has 8 nitrogen and oxygen atoms in total. The molecule has 0 bridgehead atoms. The van der Waals surface area contributed by atoms with Crippen LogP contribution in [0.25, 0.3) is 10.8 Å². The molecule has 3 amide bonds. The minimum absolute atomic E-state index is 0.0469. The first-order valence-corrected chi connectivity index (χ1v) is 12.3. The fraction of sp³-hybridized carbons (Fsp3) is 0.357. The lowest BCUT2D eigenvalue weighted by Crippen LogP contribution is -2.47. The standard InChI is InChI=1S/C28H34N4O4/c1-18-16-32(19(2)17-33)27(34)14-21-13-22(11-12-25(21)36-26(18)15-29-3)30-28(35)31-24-10-6-8-20-7-4-5-9-23(20)24/h4-13,18-19,26,29,33H,14-17H2,1-3H3,(H2,30,31,35)/t18-,19+,26+/m1/s1. The first-order valence-electron chi connectivity index (χ1n) is 12.3. The highest BCUT2D eigenvalue weighted by molar-refractivity contribution is 6.06. The second kappa shape index (κ2) is 11.4. The van der Waals surface area contributed by atoms with Gasteiger partial charge in [0.1, 0.15) is 11.9 Å². The Morgan fingerprint density at radius 2 is 1.92 bits per heavy atom. The summed E-state index contributed by atoms with van der Waals surface area (Å²) in [5.41, 5.74) is 1.96. The van der Waals surface area contributed by atoms with E-state index in [1.54, 1.807) is 23.1 Å². The second-order valence-electron chi connectivity index (χ2n) is 9.37. The SMILES string of the molecule is CNC[C@@H]1Oc2ccc(NC(=O)Nc3cccc4ccccc34)cc2CC(=O)N([C@@H](C)CO)C[C@H]1C. The molecule has 3 aromatic carbocycles. The summed E-state index contributed by atoms with van der Waals surface area (Å²) in [5, 5.41) is 20.7. The van der Waals surface area contributed by atoms with E-state index in [0.29, 0.717) is 35.8 Å². The summed E-state index contributed by atoms with van der Waals surface area (Å²) >= 11 is 0. The van der Waals surface area contributed by atoms with Gasteiger partial charge in [-0.25, -0.2) is 4.79 Å². The molecule has 0 radical (unpaired) electrons. The van der Waals surface area contributed by atoms with Crippen molar-refractivity contribution in [3.63, 3.8) is 0 Å². The van der Waals surface area contributed by atoms with Gasteiger partial charge in [0.15, 0.2) is 0 Å². The number of urea groups is 1. The van der Waals surface area contributed by atoms with E-state index in [1.165, 1.54) is 0 Å². The molecule has 36 heavy (non-hydrogen) atoms. The number of hydrogen-bond donors (Lipinski definition) is 4. The van der Waals surface area contributed by atoms with Crippen LogP contribution in [0.5, 0.6) is 5.75 Å². The first-order chi connectivity index (χ1) is 17.4. The van der Waals surface area contributed by atoms with Gasteiger partial charge in [0.05, 0.1) is 24.8 Å². The molecule has 190 valence electrons. The number of aliphatic hydroxyl groups is 1. The molecule has 0 saturated heterocycles. The van der Waals surface area contributed by atoms with Gasteiger partial charge in [0.2, 0.25) is 5.91 Å². The van der Waals surface area contributed by atoms with E-state index in [9.17, 15) is 14.7 Å². The fourth-order valence-corrected chi connectivity index (χ4v) is 4.57. The van der Waals surface area contributed by atoms with Crippen LogP contribution in [-0.4, -0.2) is 60.8 Å². The molecular weight excluding hydrogens is 456 g/mol. The molecule has 1 aliphatic rings. The Morgan fingerprint density at radius 3 is 2.69 bits per heavy atom. The van der Waals surface area contributed by atoms with Gasteiger partial charge in [-0.2, -0.15) is 0 Å². The Kier molecular flexibility index (Phi) is 8.07. The van der Waals surface area contributed by atoms with Crippen LogP contribution in [0.4, 0.5) is 16.2 Å². The summed E-state index contributed by atoms with van der Waals surface area (Å²) in [5.74, 6) is 0.579. The van der Waals surface area contributed by atoms with E-state index in [-0.39, 0.29) is 43.0 Å². The number of carbonyl (C=O) groups is 2. The lowest BCUT2D eigenvalue weighted by molar-refractivity contribution is -0.134. The monoisotopic (exact) mass is 490 g/mol. The smallest absolute Gasteiger partial charge is 0.323 e. The summed E-state index contributed by atoms with van der Waals surface area (Å²) in [4.78, 5) is 27.8. The van der Waals surface area contributed by atoms with Gasteiger partial charge >= 0.3 is 6.03 Å². The van der Waals surface area contributed by atoms with E-state index in [4.69, 9.17) is 4.74 Å². The number of likely N-dealkylation sites (N-methyl/N-ethyl adjacent to an activating group) is 1. The molecule has 4 N–H and O–H groups in total. The zero-order chi connectivity index (χ0) is 25.7. The number of carbonyl (C=O) groups excluding carboxylic acids is 2. The molecule has 3 atom stereocenters. The number of nitrogens with one attached hydrogen (secondary N) is 3. The maximum absolute atomic E-state index is 13.2. The van der Waals surface area contributed by atoms with Crippen LogP contribution in [-0.2, 0) is 11.2 Å². The highest BCUT2D eigenvalue weighted by Gasteiger charge is 2.30. The number of benzene rings is 3. The number of rotatable bonds is 6. The summed E-state index contributed by atoms with van der Waals surface area (Å²) < 4.78 is 6.35. The Balaban J connectivity index is 1.57. The van der Waals surface area contributed by atoms with Gasteiger partial charge in [-0.15, -0.1) is 0 Å². The average molecular weight is 491 g/mol. The van der Waals surface area contributed by atoms with Crippen molar-refractivity contribution in [2.75, 3.05) is 37.4 Å². The number of ether oxygens (including phenoxy) is 1. The number of aliphatic hydroxyl groups excluding tert-OH is 1. The van der Waals surface area contributed by atoms with Crippen LogP contribution in [0.3, 0.4) is 0 Å². The van der Waals surface area contributed by atoms with Gasteiger partial charge in [-0.05, 0) is 43.6 Å². The lowest BCUT2D eigenvalue weighted by atomic mass is 10.0. The van der Waals surface area contributed by atoms with E-state index >= 15 is 0 Å². The third-order valence-corrected chi connectivity index (χ3v) is 6.62. The van der Waals surface area contributed by atoms with Gasteiger partial charge in [-0.1, -0.05) is 43.3 Å². The van der Waals surface area contributed by atoms with Crippen molar-refractivity contribution in [3.05, 3.63) is 66.2 Å². The predicted octanol–water partition coefficient (Wildman–Crippen LogP) is 3.85. The van der Waals surface area contributed by atoms with Crippen LogP contribution < -0.4 is 20.7 Å². The van der Waals surface area contributed by atoms with E-state index < -0.39 is 0 Å². The van der Waals surface area contributed by atoms with Crippen LogP contribution in [0.15, 0.2) is 60.7 Å². The molecule has 3 aromatic rings. The number of anilines is 2. The van der Waals surface area contributed by atoms with Crippen molar-refractivity contribution in [2.45, 2.75) is 32.4 Å². The zero-order valence-electron chi connectivity index (χ0n) is 21.0. The van der Waals surface area contributed by atoms with Crippen molar-refractivity contribution < 1.29 is 19.4 Å². The Bertz CT molecular complexity index is 1230.